The third-order valence-corrected chi connectivity index (χ3v) is 3.90. The highest BCUT2D eigenvalue weighted by molar-refractivity contribution is 5.72. The number of aromatic nitrogens is 1. The summed E-state index contributed by atoms with van der Waals surface area (Å²) in [6, 6.07) is 14.6. The average Bonchev–Trinajstić information content (AvgIpc) is 2.95. The molecule has 0 spiro atoms. The molecule has 0 amide bonds. The molecule has 0 bridgehead atoms. The highest BCUT2D eigenvalue weighted by Crippen LogP contribution is 2.36. The molecule has 0 saturated carbocycles. The van der Waals surface area contributed by atoms with E-state index in [9.17, 15) is 13.2 Å². The second kappa shape index (κ2) is 6.07. The standard InChI is InChI=1S/C19H16F3NO/c1-13-10-11-23(15-7-5-6-14(12-15)19(20,21)22)18(13)16-8-3-4-9-17(16)24-2/h3-12H,1-2H3. The molecule has 0 aliphatic rings. The summed E-state index contributed by atoms with van der Waals surface area (Å²) in [6.45, 7) is 1.92. The lowest BCUT2D eigenvalue weighted by molar-refractivity contribution is -0.137. The van der Waals surface area contributed by atoms with E-state index in [2.05, 4.69) is 0 Å². The molecule has 0 aliphatic heterocycles. The summed E-state index contributed by atoms with van der Waals surface area (Å²) in [5, 5.41) is 0. The van der Waals surface area contributed by atoms with Crippen LogP contribution in [0.25, 0.3) is 16.9 Å². The minimum atomic E-state index is -4.37. The van der Waals surface area contributed by atoms with Gasteiger partial charge in [0.05, 0.1) is 18.4 Å². The van der Waals surface area contributed by atoms with Crippen LogP contribution in [0.3, 0.4) is 0 Å². The number of halogens is 3. The fourth-order valence-corrected chi connectivity index (χ4v) is 2.76. The van der Waals surface area contributed by atoms with E-state index in [1.165, 1.54) is 6.07 Å². The third-order valence-electron chi connectivity index (χ3n) is 3.90. The van der Waals surface area contributed by atoms with Crippen molar-refractivity contribution in [1.29, 1.82) is 0 Å². The molecule has 0 saturated heterocycles. The molecule has 2 nitrogen and oxygen atoms in total. The topological polar surface area (TPSA) is 14.2 Å². The smallest absolute Gasteiger partial charge is 0.416 e. The van der Waals surface area contributed by atoms with Gasteiger partial charge < -0.3 is 9.30 Å². The van der Waals surface area contributed by atoms with E-state index in [-0.39, 0.29) is 0 Å². The van der Waals surface area contributed by atoms with Crippen LogP contribution in [0.2, 0.25) is 0 Å². The van der Waals surface area contributed by atoms with E-state index in [0.717, 1.165) is 29.0 Å². The zero-order chi connectivity index (χ0) is 17.3. The number of ether oxygens (including phenoxy) is 1. The Morgan fingerprint density at radius 2 is 1.71 bits per heavy atom. The minimum absolute atomic E-state index is 0.457. The van der Waals surface area contributed by atoms with Gasteiger partial charge in [0.2, 0.25) is 0 Å². The number of benzene rings is 2. The maximum atomic E-state index is 13.0. The van der Waals surface area contributed by atoms with Gasteiger partial charge in [-0.3, -0.25) is 0 Å². The van der Waals surface area contributed by atoms with Gasteiger partial charge in [0.25, 0.3) is 0 Å². The maximum Gasteiger partial charge on any atom is 0.416 e. The summed E-state index contributed by atoms with van der Waals surface area (Å²) >= 11 is 0. The van der Waals surface area contributed by atoms with Crippen molar-refractivity contribution < 1.29 is 17.9 Å². The van der Waals surface area contributed by atoms with Crippen LogP contribution in [0.5, 0.6) is 5.75 Å². The Bertz CT molecular complexity index is 865. The van der Waals surface area contributed by atoms with Crippen molar-refractivity contribution in [3.8, 4) is 22.7 Å². The first-order valence-corrected chi connectivity index (χ1v) is 7.41. The summed E-state index contributed by atoms with van der Waals surface area (Å²) < 4.78 is 46.2. The predicted octanol–water partition coefficient (Wildman–Crippen LogP) is 5.48. The van der Waals surface area contributed by atoms with E-state index in [1.807, 2.05) is 37.3 Å². The van der Waals surface area contributed by atoms with Crippen molar-refractivity contribution in [2.24, 2.45) is 0 Å². The lowest BCUT2D eigenvalue weighted by Gasteiger charge is -2.15. The minimum Gasteiger partial charge on any atom is -0.496 e. The van der Waals surface area contributed by atoms with Gasteiger partial charge in [-0.15, -0.1) is 0 Å². The fraction of sp³-hybridized carbons (Fsp3) is 0.158. The lowest BCUT2D eigenvalue weighted by Crippen LogP contribution is -2.06. The molecule has 0 N–H and O–H groups in total. The molecule has 24 heavy (non-hydrogen) atoms. The molecule has 1 aromatic heterocycles. The Labute approximate surface area is 138 Å². The highest BCUT2D eigenvalue weighted by atomic mass is 19.4. The largest absolute Gasteiger partial charge is 0.496 e. The van der Waals surface area contributed by atoms with Crippen molar-refractivity contribution in [3.05, 3.63) is 71.9 Å². The third kappa shape index (κ3) is 2.89. The first-order chi connectivity index (χ1) is 11.4. The SMILES string of the molecule is COc1ccccc1-c1c(C)ccn1-c1cccc(C(F)(F)F)c1. The number of para-hydroxylation sites is 1. The summed E-state index contributed by atoms with van der Waals surface area (Å²) in [7, 11) is 1.58. The van der Waals surface area contributed by atoms with Crippen LogP contribution in [-0.4, -0.2) is 11.7 Å². The van der Waals surface area contributed by atoms with Gasteiger partial charge in [-0.05, 0) is 48.9 Å². The van der Waals surface area contributed by atoms with Gasteiger partial charge in [-0.25, -0.2) is 0 Å². The molecule has 2 aromatic carbocycles. The number of rotatable bonds is 3. The first-order valence-electron chi connectivity index (χ1n) is 7.41. The van der Waals surface area contributed by atoms with E-state index in [1.54, 1.807) is 23.9 Å². The maximum absolute atomic E-state index is 13.0. The Balaban J connectivity index is 2.19. The summed E-state index contributed by atoms with van der Waals surface area (Å²) in [5.41, 5.74) is 2.39. The number of nitrogens with zero attached hydrogens (tertiary/aromatic N) is 1. The summed E-state index contributed by atoms with van der Waals surface area (Å²) in [4.78, 5) is 0. The van der Waals surface area contributed by atoms with Crippen molar-refractivity contribution in [1.82, 2.24) is 4.57 Å². The molecule has 0 unspecified atom stereocenters. The van der Waals surface area contributed by atoms with Gasteiger partial charge in [0, 0.05) is 17.4 Å². The van der Waals surface area contributed by atoms with Gasteiger partial charge in [0.1, 0.15) is 5.75 Å². The van der Waals surface area contributed by atoms with Gasteiger partial charge >= 0.3 is 6.18 Å². The molecular formula is C19H16F3NO. The Morgan fingerprint density at radius 3 is 2.42 bits per heavy atom. The zero-order valence-electron chi connectivity index (χ0n) is 13.3. The first kappa shape index (κ1) is 16.2. The van der Waals surface area contributed by atoms with Crippen LogP contribution in [0.15, 0.2) is 60.8 Å². The van der Waals surface area contributed by atoms with Gasteiger partial charge in [0.15, 0.2) is 0 Å². The molecule has 1 heterocycles. The van der Waals surface area contributed by atoms with Crippen LogP contribution in [-0.2, 0) is 6.18 Å². The van der Waals surface area contributed by atoms with Crippen molar-refractivity contribution >= 4 is 0 Å². The molecule has 124 valence electrons. The number of methoxy groups -OCH3 is 1. The molecule has 0 aliphatic carbocycles. The molecule has 3 aromatic rings. The van der Waals surface area contributed by atoms with Crippen LogP contribution in [0, 0.1) is 6.92 Å². The monoisotopic (exact) mass is 331 g/mol. The van der Waals surface area contributed by atoms with E-state index < -0.39 is 11.7 Å². The fourth-order valence-electron chi connectivity index (χ4n) is 2.76. The van der Waals surface area contributed by atoms with Crippen LogP contribution in [0.4, 0.5) is 13.2 Å². The summed E-state index contributed by atoms with van der Waals surface area (Å²) in [6.07, 6.45) is -2.60. The van der Waals surface area contributed by atoms with Crippen LogP contribution < -0.4 is 4.74 Å². The molecule has 0 radical (unpaired) electrons. The Hall–Kier alpha value is -2.69. The van der Waals surface area contributed by atoms with E-state index >= 15 is 0 Å². The van der Waals surface area contributed by atoms with E-state index in [4.69, 9.17) is 4.74 Å². The zero-order valence-corrected chi connectivity index (χ0v) is 13.3. The molecule has 5 heteroatoms. The van der Waals surface area contributed by atoms with Crippen molar-refractivity contribution in [2.75, 3.05) is 7.11 Å². The van der Waals surface area contributed by atoms with Gasteiger partial charge in [-0.2, -0.15) is 13.2 Å². The lowest BCUT2D eigenvalue weighted by atomic mass is 10.1. The number of alkyl halides is 3. The second-order valence-corrected chi connectivity index (χ2v) is 5.47. The molecule has 0 fully saturated rings. The number of aryl methyl sites for hydroxylation is 1. The van der Waals surface area contributed by atoms with E-state index in [0.29, 0.717) is 11.4 Å². The quantitative estimate of drug-likeness (QED) is 0.620. The van der Waals surface area contributed by atoms with Gasteiger partial charge in [-0.1, -0.05) is 18.2 Å². The average molecular weight is 331 g/mol. The number of hydrogen-bond donors (Lipinski definition) is 0. The normalized spacial score (nSPS) is 11.5. The molecule has 0 atom stereocenters. The van der Waals surface area contributed by atoms with Crippen LogP contribution in [0.1, 0.15) is 11.1 Å². The molecular weight excluding hydrogens is 315 g/mol. The van der Waals surface area contributed by atoms with Crippen molar-refractivity contribution in [3.63, 3.8) is 0 Å². The van der Waals surface area contributed by atoms with Crippen molar-refractivity contribution in [2.45, 2.75) is 13.1 Å². The molecule has 3 rings (SSSR count). The predicted molar refractivity (Wildman–Crippen MR) is 87.5 cm³/mol. The van der Waals surface area contributed by atoms with Crippen LogP contribution >= 0.6 is 0 Å². The Morgan fingerprint density at radius 1 is 0.958 bits per heavy atom. The Kier molecular flexibility index (Phi) is 4.09. The second-order valence-electron chi connectivity index (χ2n) is 5.47. The summed E-state index contributed by atoms with van der Waals surface area (Å²) in [5.74, 6) is 0.674. The highest BCUT2D eigenvalue weighted by Gasteiger charge is 2.30. The number of hydrogen-bond acceptors (Lipinski definition) is 1.